The molecule has 0 saturated carbocycles. The molecule has 11 nitrogen and oxygen atoms in total. The molecule has 1 amide bonds. The maximum atomic E-state index is 13.8. The first-order valence-corrected chi connectivity index (χ1v) is 16.1. The van der Waals surface area contributed by atoms with Gasteiger partial charge in [-0.3, -0.25) is 19.2 Å². The Kier molecular flexibility index (Phi) is 10.8. The number of sulfonamides is 1. The first-order valence-electron chi connectivity index (χ1n) is 14.2. The van der Waals surface area contributed by atoms with Crippen LogP contribution >= 0.6 is 11.6 Å². The smallest absolute Gasteiger partial charge is 0.269 e. The van der Waals surface area contributed by atoms with Crippen molar-refractivity contribution in [1.82, 2.24) is 5.32 Å². The molecule has 0 spiro atoms. The van der Waals surface area contributed by atoms with Crippen LogP contribution < -0.4 is 14.4 Å². The summed E-state index contributed by atoms with van der Waals surface area (Å²) < 4.78 is 40.1. The SMILES string of the molecule is CC(C)CN(c1ccccc1C[C@@H](O)[C@H](C)NC(=O)c1cc(Cl)cc(O[C@H]2CCOC2)c1)S(=O)(=O)c1ccc([N+](=O)[O-])cc1. The minimum Gasteiger partial charge on any atom is -0.488 e. The third-order valence-corrected chi connectivity index (χ3v) is 9.13. The molecule has 0 bridgehead atoms. The van der Waals surface area contributed by atoms with Crippen molar-refractivity contribution in [2.24, 2.45) is 5.92 Å². The zero-order valence-corrected chi connectivity index (χ0v) is 26.3. The summed E-state index contributed by atoms with van der Waals surface area (Å²) in [5.41, 5.74) is 0.959. The van der Waals surface area contributed by atoms with Gasteiger partial charge in [0, 0.05) is 42.1 Å². The van der Waals surface area contributed by atoms with E-state index in [1.807, 2.05) is 13.8 Å². The fraction of sp³-hybridized carbons (Fsp3) is 0.387. The summed E-state index contributed by atoms with van der Waals surface area (Å²) in [6, 6.07) is 15.5. The second kappa shape index (κ2) is 14.4. The summed E-state index contributed by atoms with van der Waals surface area (Å²) in [5.74, 6) is -0.0754. The number of ether oxygens (including phenoxy) is 2. The van der Waals surface area contributed by atoms with Crippen molar-refractivity contribution >= 4 is 38.9 Å². The van der Waals surface area contributed by atoms with Gasteiger partial charge in [-0.25, -0.2) is 8.42 Å². The first kappa shape index (κ1) is 33.2. The van der Waals surface area contributed by atoms with E-state index in [1.54, 1.807) is 43.3 Å². The molecule has 44 heavy (non-hydrogen) atoms. The molecular weight excluding hydrogens is 610 g/mol. The topological polar surface area (TPSA) is 148 Å². The zero-order valence-electron chi connectivity index (χ0n) is 24.7. The molecule has 0 aliphatic carbocycles. The van der Waals surface area contributed by atoms with Crippen LogP contribution in [0.1, 0.15) is 43.1 Å². The minimum absolute atomic E-state index is 0.0353. The van der Waals surface area contributed by atoms with E-state index in [-0.39, 0.29) is 41.1 Å². The lowest BCUT2D eigenvalue weighted by molar-refractivity contribution is -0.384. The highest BCUT2D eigenvalue weighted by molar-refractivity contribution is 7.92. The van der Waals surface area contributed by atoms with Gasteiger partial charge in [-0.05, 0) is 54.8 Å². The number of halogens is 1. The van der Waals surface area contributed by atoms with Gasteiger partial charge < -0.3 is 19.9 Å². The van der Waals surface area contributed by atoms with Crippen molar-refractivity contribution in [3.8, 4) is 5.75 Å². The Bertz CT molecular complexity index is 1580. The maximum absolute atomic E-state index is 13.8. The van der Waals surface area contributed by atoms with Gasteiger partial charge in [-0.2, -0.15) is 0 Å². The second-order valence-corrected chi connectivity index (χ2v) is 13.4. The first-order chi connectivity index (χ1) is 20.8. The van der Waals surface area contributed by atoms with E-state index < -0.39 is 33.0 Å². The molecule has 1 fully saturated rings. The average Bonchev–Trinajstić information content (AvgIpc) is 3.48. The van der Waals surface area contributed by atoms with Crippen LogP contribution in [0.2, 0.25) is 5.02 Å². The molecule has 0 aromatic heterocycles. The van der Waals surface area contributed by atoms with Crippen molar-refractivity contribution in [2.75, 3.05) is 24.1 Å². The largest absolute Gasteiger partial charge is 0.488 e. The molecule has 0 radical (unpaired) electrons. The van der Waals surface area contributed by atoms with Crippen LogP contribution in [0.25, 0.3) is 0 Å². The van der Waals surface area contributed by atoms with Crippen LogP contribution in [0.4, 0.5) is 11.4 Å². The van der Waals surface area contributed by atoms with Gasteiger partial charge >= 0.3 is 0 Å². The fourth-order valence-corrected chi connectivity index (χ4v) is 6.69. The molecule has 3 aromatic rings. The minimum atomic E-state index is -4.12. The predicted octanol–water partition coefficient (Wildman–Crippen LogP) is 4.99. The second-order valence-electron chi connectivity index (χ2n) is 11.1. The van der Waals surface area contributed by atoms with Crippen LogP contribution in [0.15, 0.2) is 71.6 Å². The Morgan fingerprint density at radius 1 is 1.16 bits per heavy atom. The van der Waals surface area contributed by atoms with Gasteiger partial charge in [0.15, 0.2) is 0 Å². The number of nitrogens with one attached hydrogen (secondary N) is 1. The summed E-state index contributed by atoms with van der Waals surface area (Å²) in [6.07, 6.45) is -0.422. The van der Waals surface area contributed by atoms with E-state index in [0.717, 1.165) is 18.6 Å². The van der Waals surface area contributed by atoms with Crippen molar-refractivity contribution in [1.29, 1.82) is 0 Å². The number of nitrogens with zero attached hydrogens (tertiary/aromatic N) is 2. The average molecular weight is 646 g/mol. The number of rotatable bonds is 13. The predicted molar refractivity (Wildman–Crippen MR) is 167 cm³/mol. The molecule has 1 saturated heterocycles. The van der Waals surface area contributed by atoms with Gasteiger partial charge in [-0.1, -0.05) is 43.6 Å². The molecule has 3 atom stereocenters. The van der Waals surface area contributed by atoms with Crippen molar-refractivity contribution in [3.05, 3.63) is 93.0 Å². The van der Waals surface area contributed by atoms with Gasteiger partial charge in [0.05, 0.1) is 40.9 Å². The van der Waals surface area contributed by atoms with E-state index >= 15 is 0 Å². The third-order valence-electron chi connectivity index (χ3n) is 7.12. The summed E-state index contributed by atoms with van der Waals surface area (Å²) in [6.45, 7) is 6.60. The maximum Gasteiger partial charge on any atom is 0.269 e. The number of non-ortho nitro benzene ring substituents is 1. The van der Waals surface area contributed by atoms with Crippen LogP contribution in [0.3, 0.4) is 0 Å². The van der Waals surface area contributed by atoms with Crippen LogP contribution in [0.5, 0.6) is 5.75 Å². The molecule has 2 N–H and O–H groups in total. The van der Waals surface area contributed by atoms with E-state index in [0.29, 0.717) is 35.2 Å². The number of nitro groups is 1. The molecule has 1 aliphatic heterocycles. The third kappa shape index (κ3) is 8.26. The highest BCUT2D eigenvalue weighted by Crippen LogP contribution is 2.30. The Hall–Kier alpha value is -3.71. The molecule has 1 aliphatic rings. The van der Waals surface area contributed by atoms with Gasteiger partial charge in [0.25, 0.3) is 21.6 Å². The summed E-state index contributed by atoms with van der Waals surface area (Å²) in [5, 5.41) is 25.4. The summed E-state index contributed by atoms with van der Waals surface area (Å²) >= 11 is 6.25. The number of carbonyl (C=O) groups is 1. The quantitative estimate of drug-likeness (QED) is 0.195. The highest BCUT2D eigenvalue weighted by Gasteiger charge is 2.29. The number of benzene rings is 3. The van der Waals surface area contributed by atoms with Crippen LogP contribution in [-0.4, -0.2) is 62.4 Å². The monoisotopic (exact) mass is 645 g/mol. The number of hydrogen-bond acceptors (Lipinski definition) is 8. The van der Waals surface area contributed by atoms with E-state index in [9.17, 15) is 28.4 Å². The standard InChI is InChI=1S/C31H36ClN3O8S/c1-20(2)18-34(44(40,41)28-10-8-25(9-11-28)35(38)39)29-7-5-4-6-22(29)16-30(36)21(3)33-31(37)23-14-24(32)17-27(15-23)43-26-12-13-42-19-26/h4-11,14-15,17,20-21,26,30,36H,12-13,16,18-19H2,1-3H3,(H,33,37)/t21-,26-,30+/m0/s1. The molecule has 1 heterocycles. The van der Waals surface area contributed by atoms with Crippen molar-refractivity contribution < 1.29 is 32.7 Å². The Morgan fingerprint density at radius 3 is 2.50 bits per heavy atom. The number of amides is 1. The van der Waals surface area contributed by atoms with E-state index in [4.69, 9.17) is 21.1 Å². The number of para-hydroxylation sites is 1. The number of hydrogen-bond donors (Lipinski definition) is 2. The summed E-state index contributed by atoms with van der Waals surface area (Å²) in [7, 11) is -4.12. The lowest BCUT2D eigenvalue weighted by Crippen LogP contribution is -2.42. The number of nitro benzene ring substituents is 1. The van der Waals surface area contributed by atoms with Gasteiger partial charge in [-0.15, -0.1) is 0 Å². The van der Waals surface area contributed by atoms with Gasteiger partial charge in [0.2, 0.25) is 0 Å². The molecule has 236 valence electrons. The van der Waals surface area contributed by atoms with E-state index in [2.05, 4.69) is 5.32 Å². The lowest BCUT2D eigenvalue weighted by atomic mass is 10.0. The number of carbonyl (C=O) groups excluding carboxylic acids is 1. The van der Waals surface area contributed by atoms with Crippen molar-refractivity contribution in [3.63, 3.8) is 0 Å². The lowest BCUT2D eigenvalue weighted by Gasteiger charge is -2.29. The molecule has 0 unspecified atom stereocenters. The Labute approximate surface area is 261 Å². The Morgan fingerprint density at radius 2 is 1.86 bits per heavy atom. The summed E-state index contributed by atoms with van der Waals surface area (Å²) in [4.78, 5) is 23.5. The molecule has 13 heteroatoms. The Balaban J connectivity index is 1.52. The van der Waals surface area contributed by atoms with Crippen LogP contribution in [-0.2, 0) is 21.2 Å². The van der Waals surface area contributed by atoms with E-state index in [1.165, 1.54) is 22.5 Å². The number of aliphatic hydroxyl groups excluding tert-OH is 1. The fourth-order valence-electron chi connectivity index (χ4n) is 4.80. The number of aliphatic hydroxyl groups is 1. The van der Waals surface area contributed by atoms with Crippen LogP contribution in [0, 0.1) is 16.0 Å². The highest BCUT2D eigenvalue weighted by atomic mass is 35.5. The molecule has 4 rings (SSSR count). The normalized spacial score (nSPS) is 16.4. The number of anilines is 1. The molecule has 3 aromatic carbocycles. The van der Waals surface area contributed by atoms with Gasteiger partial charge in [0.1, 0.15) is 11.9 Å². The zero-order chi connectivity index (χ0) is 32.0. The van der Waals surface area contributed by atoms with Crippen molar-refractivity contribution in [2.45, 2.75) is 56.8 Å². The molecular formula is C31H36ClN3O8S.